The molecule has 18 heavy (non-hydrogen) atoms. The van der Waals surface area contributed by atoms with Gasteiger partial charge in [-0.3, -0.25) is 9.97 Å². The molecule has 94 valence electrons. The second-order valence-electron chi connectivity index (χ2n) is 4.04. The molecule has 4 nitrogen and oxygen atoms in total. The fourth-order valence-corrected chi connectivity index (χ4v) is 2.01. The minimum absolute atomic E-state index is 0.0187. The van der Waals surface area contributed by atoms with Crippen molar-refractivity contribution in [2.75, 3.05) is 14.2 Å². The summed E-state index contributed by atoms with van der Waals surface area (Å²) in [4.78, 5) is 8.61. The van der Waals surface area contributed by atoms with Crippen molar-refractivity contribution in [3.05, 3.63) is 53.6 Å². The molecule has 2 rings (SSSR count). The maximum Gasteiger partial charge on any atom is 0.142 e. The first kappa shape index (κ1) is 12.5. The van der Waals surface area contributed by atoms with E-state index in [1.807, 2.05) is 31.4 Å². The molecule has 1 N–H and O–H groups in total. The second kappa shape index (κ2) is 5.60. The predicted molar refractivity (Wildman–Crippen MR) is 70.7 cm³/mol. The predicted octanol–water partition coefficient (Wildman–Crippen LogP) is 2.10. The molecular formula is C14H17N3O. The fraction of sp³-hybridized carbons (Fsp3) is 0.286. The van der Waals surface area contributed by atoms with Crippen molar-refractivity contribution in [1.82, 2.24) is 15.3 Å². The van der Waals surface area contributed by atoms with Crippen LogP contribution >= 0.6 is 0 Å². The minimum Gasteiger partial charge on any atom is -0.495 e. The number of ether oxygens (including phenoxy) is 1. The number of hydrogen-bond acceptors (Lipinski definition) is 4. The molecule has 4 heteroatoms. The van der Waals surface area contributed by atoms with E-state index in [0.717, 1.165) is 17.0 Å². The van der Waals surface area contributed by atoms with E-state index in [9.17, 15) is 0 Å². The van der Waals surface area contributed by atoms with Gasteiger partial charge in [-0.2, -0.15) is 0 Å². The molecule has 0 saturated heterocycles. The Bertz CT molecular complexity index is 528. The van der Waals surface area contributed by atoms with E-state index in [0.29, 0.717) is 0 Å². The second-order valence-corrected chi connectivity index (χ2v) is 4.04. The highest BCUT2D eigenvalue weighted by atomic mass is 16.5. The Morgan fingerprint density at radius 2 is 2.11 bits per heavy atom. The van der Waals surface area contributed by atoms with Crippen LogP contribution in [0.3, 0.4) is 0 Å². The molecule has 0 aliphatic rings. The summed E-state index contributed by atoms with van der Waals surface area (Å²) in [5.74, 6) is 0.778. The molecule has 0 saturated carbocycles. The topological polar surface area (TPSA) is 47.0 Å². The summed E-state index contributed by atoms with van der Waals surface area (Å²) in [7, 11) is 3.56. The molecule has 0 bridgehead atoms. The van der Waals surface area contributed by atoms with Gasteiger partial charge < -0.3 is 10.1 Å². The number of methoxy groups -OCH3 is 1. The smallest absolute Gasteiger partial charge is 0.142 e. The molecule has 1 unspecified atom stereocenters. The first-order chi connectivity index (χ1) is 8.77. The SMILES string of the molecule is CNC(c1cnccc1C)c1ncccc1OC. The molecule has 0 aliphatic heterocycles. The highest BCUT2D eigenvalue weighted by Crippen LogP contribution is 2.28. The summed E-state index contributed by atoms with van der Waals surface area (Å²) < 4.78 is 5.37. The van der Waals surface area contributed by atoms with Crippen molar-refractivity contribution in [1.29, 1.82) is 0 Å². The van der Waals surface area contributed by atoms with E-state index in [-0.39, 0.29) is 6.04 Å². The number of rotatable bonds is 4. The van der Waals surface area contributed by atoms with E-state index in [1.165, 1.54) is 5.56 Å². The third kappa shape index (κ3) is 2.33. The number of pyridine rings is 2. The molecule has 0 radical (unpaired) electrons. The van der Waals surface area contributed by atoms with Gasteiger partial charge in [0.25, 0.3) is 0 Å². The first-order valence-corrected chi connectivity index (χ1v) is 5.84. The molecular weight excluding hydrogens is 226 g/mol. The van der Waals surface area contributed by atoms with Crippen LogP contribution in [0.5, 0.6) is 5.75 Å². The average Bonchev–Trinajstić information content (AvgIpc) is 2.42. The number of aryl methyl sites for hydroxylation is 1. The van der Waals surface area contributed by atoms with Crippen molar-refractivity contribution >= 4 is 0 Å². The van der Waals surface area contributed by atoms with Crippen LogP contribution in [0.4, 0.5) is 0 Å². The van der Waals surface area contributed by atoms with Crippen LogP contribution in [0.25, 0.3) is 0 Å². The highest BCUT2D eigenvalue weighted by molar-refractivity contribution is 5.38. The Balaban J connectivity index is 2.49. The lowest BCUT2D eigenvalue weighted by Crippen LogP contribution is -2.20. The molecule has 0 fully saturated rings. The van der Waals surface area contributed by atoms with Crippen LogP contribution in [0.1, 0.15) is 22.9 Å². The summed E-state index contributed by atoms with van der Waals surface area (Å²) in [5, 5.41) is 3.27. The normalized spacial score (nSPS) is 12.2. The standard InChI is InChI=1S/C14H17N3O/c1-10-6-8-16-9-11(10)13(15-2)14-12(18-3)5-4-7-17-14/h4-9,13,15H,1-3H3. The van der Waals surface area contributed by atoms with E-state index in [4.69, 9.17) is 4.74 Å². The number of hydrogen-bond donors (Lipinski definition) is 1. The Morgan fingerprint density at radius 1 is 1.28 bits per heavy atom. The zero-order valence-electron chi connectivity index (χ0n) is 10.8. The lowest BCUT2D eigenvalue weighted by atomic mass is 10.0. The van der Waals surface area contributed by atoms with Crippen molar-refractivity contribution in [3.63, 3.8) is 0 Å². The van der Waals surface area contributed by atoms with Crippen molar-refractivity contribution < 1.29 is 4.74 Å². The zero-order valence-corrected chi connectivity index (χ0v) is 10.8. The van der Waals surface area contributed by atoms with E-state index >= 15 is 0 Å². The quantitative estimate of drug-likeness (QED) is 0.893. The molecule has 1 atom stereocenters. The lowest BCUT2D eigenvalue weighted by molar-refractivity contribution is 0.401. The maximum absolute atomic E-state index is 5.37. The van der Waals surface area contributed by atoms with Crippen LogP contribution in [0, 0.1) is 6.92 Å². The molecule has 0 spiro atoms. The molecule has 2 aromatic heterocycles. The number of aromatic nitrogens is 2. The van der Waals surface area contributed by atoms with Gasteiger partial charge in [-0.05, 0) is 43.3 Å². The molecule has 0 aliphatic carbocycles. The van der Waals surface area contributed by atoms with Gasteiger partial charge in [0.05, 0.1) is 13.2 Å². The van der Waals surface area contributed by atoms with Gasteiger partial charge in [-0.1, -0.05) is 0 Å². The monoisotopic (exact) mass is 243 g/mol. The Hall–Kier alpha value is -1.94. The van der Waals surface area contributed by atoms with E-state index in [2.05, 4.69) is 22.2 Å². The van der Waals surface area contributed by atoms with Gasteiger partial charge in [-0.25, -0.2) is 0 Å². The summed E-state index contributed by atoms with van der Waals surface area (Å²) in [5.41, 5.74) is 3.16. The largest absolute Gasteiger partial charge is 0.495 e. The molecule has 0 aromatic carbocycles. The van der Waals surface area contributed by atoms with Crippen molar-refractivity contribution in [3.8, 4) is 5.75 Å². The minimum atomic E-state index is -0.0187. The van der Waals surface area contributed by atoms with Gasteiger partial charge in [-0.15, -0.1) is 0 Å². The molecule has 2 heterocycles. The van der Waals surface area contributed by atoms with Crippen LogP contribution in [-0.2, 0) is 0 Å². The summed E-state index contributed by atoms with van der Waals surface area (Å²) in [6.07, 6.45) is 5.43. The number of nitrogens with zero attached hydrogens (tertiary/aromatic N) is 2. The molecule has 0 amide bonds. The Labute approximate surface area is 107 Å². The van der Waals surface area contributed by atoms with Gasteiger partial charge in [0.2, 0.25) is 0 Å². The van der Waals surface area contributed by atoms with Crippen LogP contribution in [0.15, 0.2) is 36.8 Å². The first-order valence-electron chi connectivity index (χ1n) is 5.84. The van der Waals surface area contributed by atoms with Gasteiger partial charge in [0.15, 0.2) is 0 Å². The van der Waals surface area contributed by atoms with E-state index in [1.54, 1.807) is 19.5 Å². The van der Waals surface area contributed by atoms with Crippen LogP contribution in [0.2, 0.25) is 0 Å². The van der Waals surface area contributed by atoms with Gasteiger partial charge in [0, 0.05) is 18.6 Å². The van der Waals surface area contributed by atoms with Crippen molar-refractivity contribution in [2.45, 2.75) is 13.0 Å². The highest BCUT2D eigenvalue weighted by Gasteiger charge is 2.19. The van der Waals surface area contributed by atoms with Gasteiger partial charge in [0.1, 0.15) is 11.4 Å². The third-order valence-corrected chi connectivity index (χ3v) is 2.97. The van der Waals surface area contributed by atoms with Crippen LogP contribution in [-0.4, -0.2) is 24.1 Å². The maximum atomic E-state index is 5.37. The summed E-state index contributed by atoms with van der Waals surface area (Å²) in [6.45, 7) is 2.07. The summed E-state index contributed by atoms with van der Waals surface area (Å²) >= 11 is 0. The lowest BCUT2D eigenvalue weighted by Gasteiger charge is -2.19. The summed E-state index contributed by atoms with van der Waals surface area (Å²) in [6, 6.07) is 5.76. The average molecular weight is 243 g/mol. The van der Waals surface area contributed by atoms with Crippen molar-refractivity contribution in [2.24, 2.45) is 0 Å². The number of nitrogens with one attached hydrogen (secondary N) is 1. The van der Waals surface area contributed by atoms with E-state index < -0.39 is 0 Å². The third-order valence-electron chi connectivity index (χ3n) is 2.97. The zero-order chi connectivity index (χ0) is 13.0. The molecule has 2 aromatic rings. The van der Waals surface area contributed by atoms with Crippen LogP contribution < -0.4 is 10.1 Å². The Morgan fingerprint density at radius 3 is 2.78 bits per heavy atom. The Kier molecular flexibility index (Phi) is 3.89. The van der Waals surface area contributed by atoms with Gasteiger partial charge >= 0.3 is 0 Å². The fourth-order valence-electron chi connectivity index (χ4n) is 2.01.